The number of halogens is 1. The smallest absolute Gasteiger partial charge is 0.264 e. The highest BCUT2D eigenvalue weighted by atomic mass is 32.2. The van der Waals surface area contributed by atoms with Crippen LogP contribution in [0, 0.1) is 12.7 Å². The van der Waals surface area contributed by atoms with Crippen molar-refractivity contribution in [3.8, 4) is 17.2 Å². The molecule has 0 radical (unpaired) electrons. The summed E-state index contributed by atoms with van der Waals surface area (Å²) >= 11 is 0. The van der Waals surface area contributed by atoms with Gasteiger partial charge in [0.2, 0.25) is 5.91 Å². The summed E-state index contributed by atoms with van der Waals surface area (Å²) in [6.07, 6.45) is 0. The van der Waals surface area contributed by atoms with Crippen LogP contribution in [0.1, 0.15) is 5.56 Å². The Balaban J connectivity index is 1.68. The van der Waals surface area contributed by atoms with Crippen LogP contribution in [0.2, 0.25) is 0 Å². The monoisotopic (exact) mass is 486 g/mol. The number of benzene rings is 3. The van der Waals surface area contributed by atoms with Crippen molar-refractivity contribution < 1.29 is 31.8 Å². The Morgan fingerprint density at radius 1 is 1.03 bits per heavy atom. The van der Waals surface area contributed by atoms with E-state index in [0.717, 1.165) is 22.0 Å². The lowest BCUT2D eigenvalue weighted by molar-refractivity contribution is -0.114. The van der Waals surface area contributed by atoms with Crippen LogP contribution >= 0.6 is 0 Å². The zero-order valence-electron chi connectivity index (χ0n) is 18.6. The lowest BCUT2D eigenvalue weighted by Crippen LogP contribution is -2.38. The first kappa shape index (κ1) is 23.4. The van der Waals surface area contributed by atoms with E-state index >= 15 is 0 Å². The number of anilines is 2. The number of carbonyl (C=O) groups is 1. The zero-order valence-corrected chi connectivity index (χ0v) is 19.4. The number of rotatable bonds is 7. The van der Waals surface area contributed by atoms with Gasteiger partial charge in [0.15, 0.2) is 11.5 Å². The van der Waals surface area contributed by atoms with E-state index in [2.05, 4.69) is 5.32 Å². The number of methoxy groups -OCH3 is 1. The fraction of sp³-hybridized carbons (Fsp3) is 0.208. The molecule has 1 aliphatic heterocycles. The van der Waals surface area contributed by atoms with E-state index in [9.17, 15) is 17.6 Å². The number of amides is 1. The first-order valence-electron chi connectivity index (χ1n) is 10.4. The molecular formula is C24H23FN2O6S. The minimum absolute atomic E-state index is 0.0954. The maximum absolute atomic E-state index is 13.6. The predicted molar refractivity (Wildman–Crippen MR) is 125 cm³/mol. The summed E-state index contributed by atoms with van der Waals surface area (Å²) in [6, 6.07) is 14.3. The van der Waals surface area contributed by atoms with Crippen molar-refractivity contribution in [3.05, 3.63) is 72.0 Å². The summed E-state index contributed by atoms with van der Waals surface area (Å²) in [5.74, 6) is 0.0221. The summed E-state index contributed by atoms with van der Waals surface area (Å²) < 4.78 is 57.9. The molecule has 10 heteroatoms. The number of ether oxygens (including phenoxy) is 3. The van der Waals surface area contributed by atoms with Gasteiger partial charge in [0, 0.05) is 6.07 Å². The van der Waals surface area contributed by atoms with E-state index in [1.807, 2.05) is 13.0 Å². The Morgan fingerprint density at radius 3 is 2.44 bits per heavy atom. The third kappa shape index (κ3) is 4.91. The fourth-order valence-corrected chi connectivity index (χ4v) is 4.91. The summed E-state index contributed by atoms with van der Waals surface area (Å²) in [4.78, 5) is 12.9. The highest BCUT2D eigenvalue weighted by Crippen LogP contribution is 2.34. The van der Waals surface area contributed by atoms with Crippen molar-refractivity contribution in [1.29, 1.82) is 0 Å². The van der Waals surface area contributed by atoms with Crippen molar-refractivity contribution in [1.82, 2.24) is 0 Å². The van der Waals surface area contributed by atoms with Crippen LogP contribution in [0.25, 0.3) is 0 Å². The van der Waals surface area contributed by atoms with Gasteiger partial charge >= 0.3 is 0 Å². The Bertz CT molecular complexity index is 1310. The molecule has 0 aliphatic carbocycles. The number of nitrogens with one attached hydrogen (secondary N) is 1. The normalized spacial score (nSPS) is 12.7. The minimum atomic E-state index is -4.23. The van der Waals surface area contributed by atoms with Gasteiger partial charge < -0.3 is 19.5 Å². The van der Waals surface area contributed by atoms with Crippen molar-refractivity contribution >= 4 is 27.3 Å². The summed E-state index contributed by atoms with van der Waals surface area (Å²) in [7, 11) is -2.76. The number of carbonyl (C=O) groups excluding carboxylic acids is 1. The first-order valence-corrected chi connectivity index (χ1v) is 11.8. The van der Waals surface area contributed by atoms with E-state index < -0.39 is 28.3 Å². The molecule has 4 rings (SSSR count). The number of hydrogen-bond donors (Lipinski definition) is 1. The molecule has 34 heavy (non-hydrogen) atoms. The molecule has 8 nitrogen and oxygen atoms in total. The van der Waals surface area contributed by atoms with Gasteiger partial charge in [0.05, 0.1) is 23.4 Å². The van der Waals surface area contributed by atoms with Crippen LogP contribution in [-0.4, -0.2) is 41.2 Å². The van der Waals surface area contributed by atoms with Gasteiger partial charge in [-0.3, -0.25) is 9.10 Å². The Labute approximate surface area is 196 Å². The van der Waals surface area contributed by atoms with Gasteiger partial charge in [-0.15, -0.1) is 0 Å². The third-order valence-electron chi connectivity index (χ3n) is 5.13. The minimum Gasteiger partial charge on any atom is -0.495 e. The van der Waals surface area contributed by atoms with Gasteiger partial charge in [0.25, 0.3) is 10.0 Å². The topological polar surface area (TPSA) is 94.2 Å². The second-order valence-corrected chi connectivity index (χ2v) is 9.41. The summed E-state index contributed by atoms with van der Waals surface area (Å²) in [5.41, 5.74) is 1.42. The number of fused-ring (bicyclic) bond motifs is 1. The standard InChI is InChI=1S/C24H23FN2O6S/c1-16-3-9-21(31-2)20(13-16)26-24(28)15-27(18-6-4-17(25)5-7-18)34(29,30)19-8-10-22-23(14-19)33-12-11-32-22/h3-10,13-14H,11-12,15H2,1-2H3,(H,26,28). The van der Waals surface area contributed by atoms with Crippen LogP contribution in [0.3, 0.4) is 0 Å². The largest absolute Gasteiger partial charge is 0.495 e. The van der Waals surface area contributed by atoms with Crippen LogP contribution in [0.15, 0.2) is 65.6 Å². The molecular weight excluding hydrogens is 463 g/mol. The third-order valence-corrected chi connectivity index (χ3v) is 6.90. The Hall–Kier alpha value is -3.79. The maximum Gasteiger partial charge on any atom is 0.264 e. The molecule has 1 heterocycles. The van der Waals surface area contributed by atoms with E-state index in [-0.39, 0.29) is 10.6 Å². The molecule has 3 aromatic carbocycles. The fourth-order valence-electron chi connectivity index (χ4n) is 3.47. The van der Waals surface area contributed by atoms with Gasteiger partial charge in [0.1, 0.15) is 31.3 Å². The Morgan fingerprint density at radius 2 is 1.74 bits per heavy atom. The molecule has 0 fully saturated rings. The average Bonchev–Trinajstić information content (AvgIpc) is 2.83. The number of nitrogens with zero attached hydrogens (tertiary/aromatic N) is 1. The molecule has 1 amide bonds. The van der Waals surface area contributed by atoms with Crippen molar-refractivity contribution in [2.24, 2.45) is 0 Å². The van der Waals surface area contributed by atoms with Crippen molar-refractivity contribution in [3.63, 3.8) is 0 Å². The molecule has 1 aliphatic rings. The van der Waals surface area contributed by atoms with Crippen LogP contribution in [0.5, 0.6) is 17.2 Å². The lowest BCUT2D eigenvalue weighted by atomic mass is 10.2. The maximum atomic E-state index is 13.6. The molecule has 3 aromatic rings. The molecule has 0 unspecified atom stereocenters. The first-order chi connectivity index (χ1) is 16.3. The quantitative estimate of drug-likeness (QED) is 0.547. The molecule has 178 valence electrons. The van der Waals surface area contributed by atoms with Gasteiger partial charge in [-0.05, 0) is 61.0 Å². The number of hydrogen-bond acceptors (Lipinski definition) is 6. The van der Waals surface area contributed by atoms with Gasteiger partial charge in [-0.25, -0.2) is 12.8 Å². The van der Waals surface area contributed by atoms with E-state index in [1.54, 1.807) is 12.1 Å². The molecule has 0 aromatic heterocycles. The van der Waals surface area contributed by atoms with E-state index in [1.165, 1.54) is 37.4 Å². The van der Waals surface area contributed by atoms with E-state index in [4.69, 9.17) is 14.2 Å². The second kappa shape index (κ2) is 9.60. The van der Waals surface area contributed by atoms with Crippen LogP contribution in [-0.2, 0) is 14.8 Å². The Kier molecular flexibility index (Phi) is 6.60. The lowest BCUT2D eigenvalue weighted by Gasteiger charge is -2.25. The number of sulfonamides is 1. The highest BCUT2D eigenvalue weighted by molar-refractivity contribution is 7.92. The molecule has 1 N–H and O–H groups in total. The van der Waals surface area contributed by atoms with Crippen molar-refractivity contribution in [2.45, 2.75) is 11.8 Å². The van der Waals surface area contributed by atoms with Crippen molar-refractivity contribution in [2.75, 3.05) is 36.5 Å². The molecule has 0 saturated carbocycles. The molecule has 0 bridgehead atoms. The zero-order chi connectivity index (χ0) is 24.3. The molecule has 0 spiro atoms. The summed E-state index contributed by atoms with van der Waals surface area (Å²) in [5, 5.41) is 2.70. The molecule has 0 atom stereocenters. The van der Waals surface area contributed by atoms with Crippen LogP contribution < -0.4 is 23.8 Å². The molecule has 0 saturated heterocycles. The highest BCUT2D eigenvalue weighted by Gasteiger charge is 2.29. The van der Waals surface area contributed by atoms with E-state index in [0.29, 0.717) is 36.1 Å². The SMILES string of the molecule is COc1ccc(C)cc1NC(=O)CN(c1ccc(F)cc1)S(=O)(=O)c1ccc2c(c1)OCCO2. The predicted octanol–water partition coefficient (Wildman–Crippen LogP) is 3.75. The second-order valence-electron chi connectivity index (χ2n) is 7.55. The van der Waals surface area contributed by atoms with Crippen LogP contribution in [0.4, 0.5) is 15.8 Å². The number of aryl methyl sites for hydroxylation is 1. The summed E-state index contributed by atoms with van der Waals surface area (Å²) in [6.45, 7) is 1.95. The van der Waals surface area contributed by atoms with Gasteiger partial charge in [-0.1, -0.05) is 6.07 Å². The van der Waals surface area contributed by atoms with Gasteiger partial charge in [-0.2, -0.15) is 0 Å². The average molecular weight is 487 g/mol.